The van der Waals surface area contributed by atoms with Crippen molar-refractivity contribution in [3.63, 3.8) is 0 Å². The van der Waals surface area contributed by atoms with Gasteiger partial charge in [0.1, 0.15) is 12.4 Å². The van der Waals surface area contributed by atoms with Gasteiger partial charge in [0.15, 0.2) is 5.13 Å². The van der Waals surface area contributed by atoms with Crippen LogP contribution in [0.3, 0.4) is 0 Å². The Morgan fingerprint density at radius 2 is 1.93 bits per heavy atom. The number of rotatable bonds is 6. The molecule has 0 spiro atoms. The van der Waals surface area contributed by atoms with Crippen molar-refractivity contribution >= 4 is 28.3 Å². The molecule has 162 valence electrons. The highest BCUT2D eigenvalue weighted by Crippen LogP contribution is 2.24. The van der Waals surface area contributed by atoms with Gasteiger partial charge in [-0.15, -0.1) is 11.3 Å². The molecule has 8 nitrogen and oxygen atoms in total. The van der Waals surface area contributed by atoms with Crippen LogP contribution in [0.15, 0.2) is 18.3 Å². The molecule has 0 aromatic carbocycles. The average Bonchev–Trinajstić information content (AvgIpc) is 3.07. The van der Waals surface area contributed by atoms with Crippen molar-refractivity contribution in [2.75, 3.05) is 25.0 Å². The van der Waals surface area contributed by atoms with Crippen LogP contribution in [0.1, 0.15) is 37.0 Å². The van der Waals surface area contributed by atoms with Gasteiger partial charge >= 0.3 is 0 Å². The molecule has 3 heterocycles. The number of nitrogens with zero attached hydrogens (tertiary/aromatic N) is 4. The van der Waals surface area contributed by atoms with Crippen molar-refractivity contribution < 1.29 is 14.3 Å². The van der Waals surface area contributed by atoms with Crippen LogP contribution in [0.5, 0.6) is 5.75 Å². The standard InChI is InChI=1S/C21H29N5O3S/c1-13-6-19(7-14(2)23-13)29-12-18-10-25(15(3)9-26(18)17(5)28)11-20-8-22-21(30-20)24-16(4)27/h6-8,15,18H,9-12H2,1-5H3,(H,22,24,27)/t15-,18-/m0/s1. The number of thiazole rings is 1. The summed E-state index contributed by atoms with van der Waals surface area (Å²) in [4.78, 5) is 37.4. The minimum atomic E-state index is -0.127. The Bertz CT molecular complexity index is 896. The fraction of sp³-hybridized carbons (Fsp3) is 0.524. The second-order valence-electron chi connectivity index (χ2n) is 7.81. The van der Waals surface area contributed by atoms with Gasteiger partial charge in [-0.2, -0.15) is 0 Å². The van der Waals surface area contributed by atoms with E-state index in [1.807, 2.05) is 30.9 Å². The lowest BCUT2D eigenvalue weighted by Gasteiger charge is -2.44. The van der Waals surface area contributed by atoms with Gasteiger partial charge in [0, 0.05) is 74.1 Å². The Balaban J connectivity index is 1.68. The first-order valence-corrected chi connectivity index (χ1v) is 10.8. The van der Waals surface area contributed by atoms with Crippen LogP contribution in [0.2, 0.25) is 0 Å². The summed E-state index contributed by atoms with van der Waals surface area (Å²) in [7, 11) is 0. The summed E-state index contributed by atoms with van der Waals surface area (Å²) < 4.78 is 6.05. The van der Waals surface area contributed by atoms with Crippen LogP contribution >= 0.6 is 11.3 Å². The van der Waals surface area contributed by atoms with Crippen molar-refractivity contribution in [1.29, 1.82) is 0 Å². The van der Waals surface area contributed by atoms with E-state index in [1.54, 1.807) is 13.1 Å². The monoisotopic (exact) mass is 431 g/mol. The highest BCUT2D eigenvalue weighted by Gasteiger charge is 2.33. The maximum Gasteiger partial charge on any atom is 0.223 e. The van der Waals surface area contributed by atoms with E-state index in [0.717, 1.165) is 22.0 Å². The lowest BCUT2D eigenvalue weighted by Crippen LogP contribution is -2.59. The van der Waals surface area contributed by atoms with Crippen LogP contribution in [0.25, 0.3) is 0 Å². The van der Waals surface area contributed by atoms with Crippen molar-refractivity contribution in [3.05, 3.63) is 34.6 Å². The van der Waals surface area contributed by atoms with Gasteiger partial charge in [-0.1, -0.05) is 0 Å². The third kappa shape index (κ3) is 5.76. The Kier molecular flexibility index (Phi) is 7.04. The largest absolute Gasteiger partial charge is 0.491 e. The highest BCUT2D eigenvalue weighted by atomic mass is 32.1. The van der Waals surface area contributed by atoms with Crippen LogP contribution in [0, 0.1) is 13.8 Å². The molecule has 0 radical (unpaired) electrons. The van der Waals surface area contributed by atoms with Gasteiger partial charge in [-0.3, -0.25) is 19.5 Å². The molecule has 1 aliphatic heterocycles. The molecule has 2 atom stereocenters. The molecule has 0 saturated carbocycles. The molecule has 3 rings (SSSR count). The Labute approximate surface area is 181 Å². The van der Waals surface area contributed by atoms with Crippen molar-refractivity contribution in [3.8, 4) is 5.75 Å². The lowest BCUT2D eigenvalue weighted by molar-refractivity contribution is -0.136. The number of pyridine rings is 1. The minimum absolute atomic E-state index is 0.0461. The Hall–Kier alpha value is -2.52. The molecule has 2 amide bonds. The summed E-state index contributed by atoms with van der Waals surface area (Å²) >= 11 is 1.48. The van der Waals surface area contributed by atoms with Crippen LogP contribution < -0.4 is 10.1 Å². The average molecular weight is 432 g/mol. The molecule has 0 bridgehead atoms. The molecule has 9 heteroatoms. The number of aromatic nitrogens is 2. The van der Waals surface area contributed by atoms with E-state index in [-0.39, 0.29) is 23.9 Å². The van der Waals surface area contributed by atoms with Gasteiger partial charge in [0.05, 0.1) is 6.04 Å². The summed E-state index contributed by atoms with van der Waals surface area (Å²) in [6, 6.07) is 3.99. The van der Waals surface area contributed by atoms with E-state index in [1.165, 1.54) is 18.3 Å². The van der Waals surface area contributed by atoms with E-state index in [9.17, 15) is 9.59 Å². The number of carbonyl (C=O) groups excluding carboxylic acids is 2. The molecule has 2 aromatic rings. The van der Waals surface area contributed by atoms with Crippen LogP contribution in [-0.2, 0) is 16.1 Å². The number of anilines is 1. The SMILES string of the molecule is CC(=O)Nc1ncc(CN2C[C@@H](COc3cc(C)nc(C)c3)N(C(C)=O)C[C@@H]2C)s1. The predicted molar refractivity (Wildman–Crippen MR) is 117 cm³/mol. The molecule has 1 N–H and O–H groups in total. The van der Waals surface area contributed by atoms with Crippen LogP contribution in [-0.4, -0.2) is 63.4 Å². The summed E-state index contributed by atoms with van der Waals surface area (Å²) in [5.41, 5.74) is 1.82. The fourth-order valence-electron chi connectivity index (χ4n) is 3.71. The minimum Gasteiger partial charge on any atom is -0.491 e. The molecular formula is C21H29N5O3S. The highest BCUT2D eigenvalue weighted by molar-refractivity contribution is 7.15. The van der Waals surface area contributed by atoms with E-state index in [4.69, 9.17) is 4.74 Å². The number of hydrogen-bond acceptors (Lipinski definition) is 7. The molecule has 1 saturated heterocycles. The number of nitrogens with one attached hydrogen (secondary N) is 1. The van der Waals surface area contributed by atoms with E-state index in [0.29, 0.717) is 31.4 Å². The van der Waals surface area contributed by atoms with Crippen LogP contribution in [0.4, 0.5) is 5.13 Å². The predicted octanol–water partition coefficient (Wildman–Crippen LogP) is 2.61. The van der Waals surface area contributed by atoms with Gasteiger partial charge in [0.2, 0.25) is 11.8 Å². The van der Waals surface area contributed by atoms with Gasteiger partial charge in [-0.25, -0.2) is 4.98 Å². The fourth-order valence-corrected chi connectivity index (χ4v) is 4.59. The first-order valence-electron chi connectivity index (χ1n) is 10.0. The lowest BCUT2D eigenvalue weighted by atomic mass is 10.1. The van der Waals surface area contributed by atoms with Crippen molar-refractivity contribution in [1.82, 2.24) is 19.8 Å². The summed E-state index contributed by atoms with van der Waals surface area (Å²) in [5, 5.41) is 3.33. The van der Waals surface area contributed by atoms with E-state index >= 15 is 0 Å². The number of hydrogen-bond donors (Lipinski definition) is 1. The summed E-state index contributed by atoms with van der Waals surface area (Å²) in [6.45, 7) is 11.6. The third-order valence-electron chi connectivity index (χ3n) is 5.07. The number of ether oxygens (including phenoxy) is 1. The zero-order valence-electron chi connectivity index (χ0n) is 18.1. The van der Waals surface area contributed by atoms with Gasteiger partial charge in [0.25, 0.3) is 0 Å². The van der Waals surface area contributed by atoms with Gasteiger partial charge < -0.3 is 15.0 Å². The maximum absolute atomic E-state index is 12.2. The molecule has 30 heavy (non-hydrogen) atoms. The topological polar surface area (TPSA) is 87.7 Å². The summed E-state index contributed by atoms with van der Waals surface area (Å²) in [5.74, 6) is 0.706. The molecule has 2 aromatic heterocycles. The zero-order valence-corrected chi connectivity index (χ0v) is 19.0. The second kappa shape index (κ2) is 9.53. The molecule has 0 unspecified atom stereocenters. The van der Waals surface area contributed by atoms with E-state index in [2.05, 4.69) is 27.1 Å². The zero-order chi connectivity index (χ0) is 21.8. The number of carbonyl (C=O) groups is 2. The first kappa shape index (κ1) is 22.2. The number of amides is 2. The smallest absolute Gasteiger partial charge is 0.223 e. The molecule has 1 fully saturated rings. The Morgan fingerprint density at radius 1 is 1.23 bits per heavy atom. The van der Waals surface area contributed by atoms with E-state index < -0.39 is 0 Å². The third-order valence-corrected chi connectivity index (χ3v) is 5.97. The first-order chi connectivity index (χ1) is 14.2. The maximum atomic E-state index is 12.2. The second-order valence-corrected chi connectivity index (χ2v) is 8.93. The van der Waals surface area contributed by atoms with Gasteiger partial charge in [-0.05, 0) is 20.8 Å². The summed E-state index contributed by atoms with van der Waals surface area (Å²) in [6.07, 6.45) is 1.80. The number of aryl methyl sites for hydroxylation is 2. The molecule has 0 aliphatic carbocycles. The quantitative estimate of drug-likeness (QED) is 0.757. The van der Waals surface area contributed by atoms with Crippen molar-refractivity contribution in [2.24, 2.45) is 0 Å². The Morgan fingerprint density at radius 3 is 2.57 bits per heavy atom. The normalized spacial score (nSPS) is 19.6. The van der Waals surface area contributed by atoms with Crippen molar-refractivity contribution in [2.45, 2.75) is 53.2 Å². The number of piperazine rings is 1. The molecule has 1 aliphatic rings. The molecular weight excluding hydrogens is 402 g/mol.